The van der Waals surface area contributed by atoms with Crippen molar-refractivity contribution in [2.24, 2.45) is 0 Å². The average molecular weight is 409 g/mol. The molecule has 0 fully saturated rings. The molecule has 3 aromatic carbocycles. The fourth-order valence-corrected chi connectivity index (χ4v) is 2.83. The van der Waals surface area contributed by atoms with Crippen molar-refractivity contribution in [1.29, 1.82) is 0 Å². The highest BCUT2D eigenvalue weighted by molar-refractivity contribution is 6.32. The molecule has 148 valence electrons. The first-order valence-corrected chi connectivity index (χ1v) is 9.50. The van der Waals surface area contributed by atoms with Crippen LogP contribution in [0.3, 0.4) is 0 Å². The zero-order valence-electron chi connectivity index (χ0n) is 16.1. The highest BCUT2D eigenvalue weighted by Gasteiger charge is 2.16. The Morgan fingerprint density at radius 3 is 2.21 bits per heavy atom. The number of carbonyl (C=O) groups excluding carboxylic acids is 2. The number of aryl methyl sites for hydroxylation is 1. The van der Waals surface area contributed by atoms with Gasteiger partial charge in [-0.3, -0.25) is 9.59 Å². The molecular weight excluding hydrogens is 388 g/mol. The minimum atomic E-state index is -0.726. The normalized spacial score (nSPS) is 11.4. The van der Waals surface area contributed by atoms with E-state index in [1.54, 1.807) is 61.5 Å². The number of amides is 2. The standard InChI is InChI=1S/C23H21ClN2O3/c1-15-6-5-7-17(14-15)23(28)26-19-12-10-18(11-13-19)25-22(27)16(2)29-21-9-4-3-8-20(21)24/h3-14,16H,1-2H3,(H,25,27)(H,26,28)/t16-/m0/s1. The van der Waals surface area contributed by atoms with Crippen LogP contribution >= 0.6 is 11.6 Å². The van der Waals surface area contributed by atoms with Gasteiger partial charge in [0.2, 0.25) is 0 Å². The summed E-state index contributed by atoms with van der Waals surface area (Å²) in [5, 5.41) is 6.06. The highest BCUT2D eigenvalue weighted by Crippen LogP contribution is 2.24. The van der Waals surface area contributed by atoms with Crippen LogP contribution in [0.25, 0.3) is 0 Å². The number of benzene rings is 3. The molecule has 0 aliphatic heterocycles. The molecule has 5 nitrogen and oxygen atoms in total. The molecule has 2 amide bonds. The van der Waals surface area contributed by atoms with Gasteiger partial charge in [-0.1, -0.05) is 41.4 Å². The second-order valence-corrected chi connectivity index (χ2v) is 6.99. The topological polar surface area (TPSA) is 67.4 Å². The van der Waals surface area contributed by atoms with E-state index in [-0.39, 0.29) is 11.8 Å². The van der Waals surface area contributed by atoms with Crippen LogP contribution in [0.4, 0.5) is 11.4 Å². The fraction of sp³-hybridized carbons (Fsp3) is 0.130. The smallest absolute Gasteiger partial charge is 0.265 e. The van der Waals surface area contributed by atoms with E-state index >= 15 is 0 Å². The molecule has 29 heavy (non-hydrogen) atoms. The monoisotopic (exact) mass is 408 g/mol. The maximum Gasteiger partial charge on any atom is 0.265 e. The highest BCUT2D eigenvalue weighted by atomic mass is 35.5. The molecule has 2 N–H and O–H groups in total. The summed E-state index contributed by atoms with van der Waals surface area (Å²) in [6.45, 7) is 3.58. The molecular formula is C23H21ClN2O3. The molecule has 0 saturated carbocycles. The summed E-state index contributed by atoms with van der Waals surface area (Å²) in [5.74, 6) is -0.0419. The van der Waals surface area contributed by atoms with E-state index in [0.29, 0.717) is 27.7 Å². The predicted molar refractivity (Wildman–Crippen MR) is 116 cm³/mol. The fourth-order valence-electron chi connectivity index (χ4n) is 2.65. The molecule has 0 saturated heterocycles. The zero-order valence-corrected chi connectivity index (χ0v) is 16.9. The summed E-state index contributed by atoms with van der Waals surface area (Å²) in [7, 11) is 0. The van der Waals surface area contributed by atoms with Crippen LogP contribution in [0.2, 0.25) is 5.02 Å². The first-order valence-electron chi connectivity index (χ1n) is 9.12. The van der Waals surface area contributed by atoms with Crippen LogP contribution in [0.15, 0.2) is 72.8 Å². The van der Waals surface area contributed by atoms with Crippen LogP contribution < -0.4 is 15.4 Å². The van der Waals surface area contributed by atoms with Crippen molar-refractivity contribution in [3.05, 3.63) is 88.9 Å². The Labute approximate surface area is 174 Å². The summed E-state index contributed by atoms with van der Waals surface area (Å²) in [5.41, 5.74) is 2.84. The van der Waals surface area contributed by atoms with Gasteiger partial charge < -0.3 is 15.4 Å². The maximum atomic E-state index is 12.4. The Kier molecular flexibility index (Phi) is 6.52. The van der Waals surface area contributed by atoms with Gasteiger partial charge in [0.15, 0.2) is 6.10 Å². The lowest BCUT2D eigenvalue weighted by Gasteiger charge is -2.15. The lowest BCUT2D eigenvalue weighted by molar-refractivity contribution is -0.122. The SMILES string of the molecule is Cc1cccc(C(=O)Nc2ccc(NC(=O)[C@H](C)Oc3ccccc3Cl)cc2)c1. The second kappa shape index (κ2) is 9.26. The molecule has 0 bridgehead atoms. The maximum absolute atomic E-state index is 12.4. The van der Waals surface area contributed by atoms with Gasteiger partial charge in [0.25, 0.3) is 11.8 Å². The predicted octanol–water partition coefficient (Wildman–Crippen LogP) is 5.31. The van der Waals surface area contributed by atoms with Crippen LogP contribution in [0.5, 0.6) is 5.75 Å². The third-order valence-corrected chi connectivity index (χ3v) is 4.51. The molecule has 0 aromatic heterocycles. The number of nitrogens with one attached hydrogen (secondary N) is 2. The minimum absolute atomic E-state index is 0.188. The number of anilines is 2. The number of hydrogen-bond acceptors (Lipinski definition) is 3. The summed E-state index contributed by atoms with van der Waals surface area (Å²) in [6.07, 6.45) is -0.726. The molecule has 0 radical (unpaired) electrons. The molecule has 3 aromatic rings. The van der Waals surface area contributed by atoms with Crippen LogP contribution in [-0.2, 0) is 4.79 Å². The van der Waals surface area contributed by atoms with E-state index < -0.39 is 6.10 Å². The lowest BCUT2D eigenvalue weighted by atomic mass is 10.1. The van der Waals surface area contributed by atoms with Gasteiger partial charge in [-0.2, -0.15) is 0 Å². The Morgan fingerprint density at radius 2 is 1.55 bits per heavy atom. The Morgan fingerprint density at radius 1 is 0.897 bits per heavy atom. The number of carbonyl (C=O) groups is 2. The summed E-state index contributed by atoms with van der Waals surface area (Å²) in [6, 6.07) is 21.2. The van der Waals surface area contributed by atoms with E-state index in [9.17, 15) is 9.59 Å². The van der Waals surface area contributed by atoms with Gasteiger partial charge in [0, 0.05) is 16.9 Å². The molecule has 1 atom stereocenters. The van der Waals surface area contributed by atoms with Gasteiger partial charge >= 0.3 is 0 Å². The largest absolute Gasteiger partial charge is 0.479 e. The first kappa shape index (κ1) is 20.4. The van der Waals surface area contributed by atoms with Crippen molar-refractivity contribution in [2.75, 3.05) is 10.6 Å². The lowest BCUT2D eigenvalue weighted by Crippen LogP contribution is -2.30. The minimum Gasteiger partial charge on any atom is -0.479 e. The van der Waals surface area contributed by atoms with Crippen molar-refractivity contribution in [1.82, 2.24) is 0 Å². The Bertz CT molecular complexity index is 1020. The number of ether oxygens (including phenoxy) is 1. The van der Waals surface area contributed by atoms with Crippen molar-refractivity contribution >= 4 is 34.8 Å². The van der Waals surface area contributed by atoms with E-state index in [1.807, 2.05) is 25.1 Å². The van der Waals surface area contributed by atoms with Crippen LogP contribution in [-0.4, -0.2) is 17.9 Å². The number of rotatable bonds is 6. The molecule has 0 spiro atoms. The van der Waals surface area contributed by atoms with E-state index in [2.05, 4.69) is 10.6 Å². The van der Waals surface area contributed by atoms with E-state index in [4.69, 9.17) is 16.3 Å². The van der Waals surface area contributed by atoms with E-state index in [1.165, 1.54) is 0 Å². The van der Waals surface area contributed by atoms with Gasteiger partial charge in [-0.05, 0) is 62.4 Å². The molecule has 3 rings (SSSR count). The first-order chi connectivity index (χ1) is 13.9. The van der Waals surface area contributed by atoms with Gasteiger partial charge in [-0.15, -0.1) is 0 Å². The van der Waals surface area contributed by atoms with Crippen molar-refractivity contribution in [3.63, 3.8) is 0 Å². The van der Waals surface area contributed by atoms with Gasteiger partial charge in [0.1, 0.15) is 5.75 Å². The average Bonchev–Trinajstić information content (AvgIpc) is 2.71. The second-order valence-electron chi connectivity index (χ2n) is 6.58. The summed E-state index contributed by atoms with van der Waals surface area (Å²) >= 11 is 6.05. The van der Waals surface area contributed by atoms with Gasteiger partial charge in [-0.25, -0.2) is 0 Å². The summed E-state index contributed by atoms with van der Waals surface area (Å²) in [4.78, 5) is 24.7. The van der Waals surface area contributed by atoms with Crippen molar-refractivity contribution < 1.29 is 14.3 Å². The number of halogens is 1. The quantitative estimate of drug-likeness (QED) is 0.581. The summed E-state index contributed by atoms with van der Waals surface area (Å²) < 4.78 is 5.61. The molecule has 6 heteroatoms. The van der Waals surface area contributed by atoms with Crippen molar-refractivity contribution in [3.8, 4) is 5.75 Å². The number of para-hydroxylation sites is 1. The van der Waals surface area contributed by atoms with Crippen LogP contribution in [0.1, 0.15) is 22.8 Å². The Hall–Kier alpha value is -3.31. The third kappa shape index (κ3) is 5.59. The Balaban J connectivity index is 1.57. The van der Waals surface area contributed by atoms with Crippen LogP contribution in [0, 0.1) is 6.92 Å². The molecule has 0 aliphatic carbocycles. The van der Waals surface area contributed by atoms with E-state index in [0.717, 1.165) is 5.56 Å². The van der Waals surface area contributed by atoms with Crippen molar-refractivity contribution in [2.45, 2.75) is 20.0 Å². The van der Waals surface area contributed by atoms with Gasteiger partial charge in [0.05, 0.1) is 5.02 Å². The molecule has 0 aliphatic rings. The molecule has 0 unspecified atom stereocenters. The number of hydrogen-bond donors (Lipinski definition) is 2. The zero-order chi connectivity index (χ0) is 20.8. The third-order valence-electron chi connectivity index (χ3n) is 4.20. The molecule has 0 heterocycles.